The predicted octanol–water partition coefficient (Wildman–Crippen LogP) is 6.29. The highest BCUT2D eigenvalue weighted by atomic mass is 14.9. The molecular formula is C28H23N3. The number of nitrogens with zero attached hydrogens (tertiary/aromatic N) is 2. The Labute approximate surface area is 182 Å². The Morgan fingerprint density at radius 2 is 1.39 bits per heavy atom. The molecule has 1 N–H and O–H groups in total. The standard InChI is InChI=1S/C28H23N3/c1-20-7-5-10-24(17-20)27-18-26(30-28(31-27)23-8-3-2-4-9-23)22-14-12-21(13-15-22)25-11-6-16-29-19-25/h2-15,17-19,29H,16H2,1H3. The molecule has 4 aromatic rings. The van der Waals surface area contributed by atoms with Crippen molar-refractivity contribution in [3.63, 3.8) is 0 Å². The summed E-state index contributed by atoms with van der Waals surface area (Å²) in [5.41, 5.74) is 8.62. The first-order valence-corrected chi connectivity index (χ1v) is 10.5. The van der Waals surface area contributed by atoms with Gasteiger partial charge in [0.25, 0.3) is 0 Å². The molecule has 0 aliphatic carbocycles. The third-order valence-corrected chi connectivity index (χ3v) is 5.38. The molecule has 3 heteroatoms. The Balaban J connectivity index is 1.60. The first-order valence-electron chi connectivity index (χ1n) is 10.5. The fourth-order valence-corrected chi connectivity index (χ4v) is 3.75. The predicted molar refractivity (Wildman–Crippen MR) is 128 cm³/mol. The first-order chi connectivity index (χ1) is 15.3. The molecule has 0 fully saturated rings. The van der Waals surface area contributed by atoms with Crippen LogP contribution in [0.15, 0.2) is 103 Å². The van der Waals surface area contributed by atoms with E-state index in [1.54, 1.807) is 0 Å². The van der Waals surface area contributed by atoms with E-state index in [4.69, 9.17) is 9.97 Å². The lowest BCUT2D eigenvalue weighted by Crippen LogP contribution is -2.08. The Morgan fingerprint density at radius 1 is 0.677 bits per heavy atom. The lowest BCUT2D eigenvalue weighted by atomic mass is 10.0. The molecule has 0 spiro atoms. The first kappa shape index (κ1) is 19.0. The van der Waals surface area contributed by atoms with Gasteiger partial charge in [0.15, 0.2) is 5.82 Å². The number of rotatable bonds is 4. The molecule has 0 bridgehead atoms. The van der Waals surface area contributed by atoms with Crippen LogP contribution in [0, 0.1) is 6.92 Å². The maximum absolute atomic E-state index is 4.91. The zero-order valence-electron chi connectivity index (χ0n) is 17.4. The van der Waals surface area contributed by atoms with Crippen molar-refractivity contribution in [2.45, 2.75) is 6.92 Å². The summed E-state index contributed by atoms with van der Waals surface area (Å²) >= 11 is 0. The topological polar surface area (TPSA) is 37.8 Å². The highest BCUT2D eigenvalue weighted by Gasteiger charge is 2.11. The van der Waals surface area contributed by atoms with Crippen molar-refractivity contribution in [1.29, 1.82) is 0 Å². The molecule has 31 heavy (non-hydrogen) atoms. The molecule has 0 saturated carbocycles. The van der Waals surface area contributed by atoms with Gasteiger partial charge in [0.2, 0.25) is 0 Å². The van der Waals surface area contributed by atoms with Crippen LogP contribution in [-0.4, -0.2) is 16.5 Å². The van der Waals surface area contributed by atoms with E-state index >= 15 is 0 Å². The van der Waals surface area contributed by atoms with Crippen LogP contribution in [0.5, 0.6) is 0 Å². The summed E-state index contributed by atoms with van der Waals surface area (Å²) in [6.45, 7) is 2.98. The average molecular weight is 402 g/mol. The van der Waals surface area contributed by atoms with Crippen LogP contribution in [0.25, 0.3) is 39.5 Å². The second-order valence-electron chi connectivity index (χ2n) is 7.69. The van der Waals surface area contributed by atoms with Crippen molar-refractivity contribution in [2.24, 2.45) is 0 Å². The zero-order valence-corrected chi connectivity index (χ0v) is 17.4. The smallest absolute Gasteiger partial charge is 0.160 e. The fourth-order valence-electron chi connectivity index (χ4n) is 3.75. The minimum atomic E-state index is 0.737. The van der Waals surface area contributed by atoms with Gasteiger partial charge in [-0.25, -0.2) is 9.97 Å². The van der Waals surface area contributed by atoms with E-state index in [-0.39, 0.29) is 0 Å². The molecule has 0 radical (unpaired) electrons. The number of allylic oxidation sites excluding steroid dienone is 2. The van der Waals surface area contributed by atoms with Gasteiger partial charge in [0.1, 0.15) is 0 Å². The molecule has 3 aromatic carbocycles. The van der Waals surface area contributed by atoms with Gasteiger partial charge in [-0.2, -0.15) is 0 Å². The van der Waals surface area contributed by atoms with Gasteiger partial charge in [-0.15, -0.1) is 0 Å². The monoisotopic (exact) mass is 401 g/mol. The van der Waals surface area contributed by atoms with E-state index in [1.807, 2.05) is 18.2 Å². The molecule has 0 unspecified atom stereocenters. The average Bonchev–Trinajstić information content (AvgIpc) is 2.85. The van der Waals surface area contributed by atoms with Gasteiger partial charge in [-0.1, -0.05) is 90.5 Å². The van der Waals surface area contributed by atoms with E-state index in [1.165, 1.54) is 16.7 Å². The molecule has 0 amide bonds. The van der Waals surface area contributed by atoms with Crippen molar-refractivity contribution >= 4 is 5.57 Å². The molecule has 2 heterocycles. The van der Waals surface area contributed by atoms with Gasteiger partial charge in [-0.3, -0.25) is 0 Å². The summed E-state index contributed by atoms with van der Waals surface area (Å²) in [6.07, 6.45) is 6.34. The molecule has 1 aliphatic heterocycles. The Bertz CT molecular complexity index is 1270. The van der Waals surface area contributed by atoms with E-state index in [0.29, 0.717) is 0 Å². The van der Waals surface area contributed by atoms with E-state index in [0.717, 1.165) is 40.4 Å². The van der Waals surface area contributed by atoms with Crippen molar-refractivity contribution in [3.05, 3.63) is 114 Å². The summed E-state index contributed by atoms with van der Waals surface area (Å²) in [6, 6.07) is 29.2. The van der Waals surface area contributed by atoms with Crippen molar-refractivity contribution in [1.82, 2.24) is 15.3 Å². The van der Waals surface area contributed by atoms with Gasteiger partial charge >= 0.3 is 0 Å². The number of aromatic nitrogens is 2. The molecule has 0 saturated heterocycles. The number of nitrogens with one attached hydrogen (secondary N) is 1. The van der Waals surface area contributed by atoms with E-state index < -0.39 is 0 Å². The maximum atomic E-state index is 4.91. The van der Waals surface area contributed by atoms with Crippen molar-refractivity contribution in [3.8, 4) is 33.9 Å². The van der Waals surface area contributed by atoms with Crippen LogP contribution in [-0.2, 0) is 0 Å². The molecule has 5 rings (SSSR count). The zero-order chi connectivity index (χ0) is 21.0. The van der Waals surface area contributed by atoms with Crippen LogP contribution < -0.4 is 5.32 Å². The van der Waals surface area contributed by atoms with E-state index in [9.17, 15) is 0 Å². The minimum Gasteiger partial charge on any atom is -0.387 e. The molecular weight excluding hydrogens is 378 g/mol. The highest BCUT2D eigenvalue weighted by Crippen LogP contribution is 2.29. The van der Waals surface area contributed by atoms with Crippen LogP contribution in [0.1, 0.15) is 11.1 Å². The molecule has 150 valence electrons. The van der Waals surface area contributed by atoms with E-state index in [2.05, 4.69) is 97.3 Å². The van der Waals surface area contributed by atoms with Crippen molar-refractivity contribution < 1.29 is 0 Å². The summed E-state index contributed by atoms with van der Waals surface area (Å²) in [5.74, 6) is 0.737. The Morgan fingerprint density at radius 3 is 2.10 bits per heavy atom. The Kier molecular flexibility index (Phi) is 5.16. The fraction of sp³-hybridized carbons (Fsp3) is 0.0714. The van der Waals surface area contributed by atoms with Crippen LogP contribution in [0.2, 0.25) is 0 Å². The largest absolute Gasteiger partial charge is 0.387 e. The summed E-state index contributed by atoms with van der Waals surface area (Å²) < 4.78 is 0. The quantitative estimate of drug-likeness (QED) is 0.437. The summed E-state index contributed by atoms with van der Waals surface area (Å²) in [5, 5.41) is 3.27. The van der Waals surface area contributed by atoms with Crippen LogP contribution in [0.4, 0.5) is 0 Å². The van der Waals surface area contributed by atoms with Gasteiger partial charge in [0.05, 0.1) is 11.4 Å². The summed E-state index contributed by atoms with van der Waals surface area (Å²) in [4.78, 5) is 9.81. The molecule has 0 atom stereocenters. The number of hydrogen-bond acceptors (Lipinski definition) is 3. The second kappa shape index (κ2) is 8.41. The van der Waals surface area contributed by atoms with Crippen LogP contribution in [0.3, 0.4) is 0 Å². The molecule has 3 nitrogen and oxygen atoms in total. The number of dihydropyridines is 1. The lowest BCUT2D eigenvalue weighted by Gasteiger charge is -2.11. The Hall–Kier alpha value is -3.98. The second-order valence-corrected chi connectivity index (χ2v) is 7.69. The number of hydrogen-bond donors (Lipinski definition) is 1. The number of benzene rings is 3. The molecule has 1 aromatic heterocycles. The maximum Gasteiger partial charge on any atom is 0.160 e. The third-order valence-electron chi connectivity index (χ3n) is 5.38. The number of aryl methyl sites for hydroxylation is 1. The minimum absolute atomic E-state index is 0.737. The lowest BCUT2D eigenvalue weighted by molar-refractivity contribution is 0.976. The van der Waals surface area contributed by atoms with Crippen LogP contribution >= 0.6 is 0 Å². The van der Waals surface area contributed by atoms with Crippen molar-refractivity contribution in [2.75, 3.05) is 6.54 Å². The van der Waals surface area contributed by atoms with Gasteiger partial charge in [0, 0.05) is 29.4 Å². The third kappa shape index (κ3) is 4.17. The normalized spacial score (nSPS) is 12.9. The van der Waals surface area contributed by atoms with Gasteiger partial charge < -0.3 is 5.32 Å². The SMILES string of the molecule is Cc1cccc(-c2cc(-c3ccc(C4=CNCC=C4)cc3)nc(-c3ccccc3)n2)c1. The molecule has 1 aliphatic rings. The highest BCUT2D eigenvalue weighted by molar-refractivity contribution is 5.77. The summed E-state index contributed by atoms with van der Waals surface area (Å²) in [7, 11) is 0. The van der Waals surface area contributed by atoms with Gasteiger partial charge in [-0.05, 0) is 30.2 Å².